The zero-order chi connectivity index (χ0) is 24.7. The molecule has 0 unspecified atom stereocenters. The zero-order valence-electron chi connectivity index (χ0n) is 18.8. The van der Waals surface area contributed by atoms with Crippen molar-refractivity contribution in [1.29, 1.82) is 0 Å². The largest absolute Gasteiger partial charge is 0.503 e. The van der Waals surface area contributed by atoms with Crippen molar-refractivity contribution in [2.45, 2.75) is 12.5 Å². The van der Waals surface area contributed by atoms with Gasteiger partial charge >= 0.3 is 0 Å². The van der Waals surface area contributed by atoms with Crippen LogP contribution in [0.25, 0.3) is 16.7 Å². The van der Waals surface area contributed by atoms with Crippen molar-refractivity contribution in [2.75, 3.05) is 30.8 Å². The maximum absolute atomic E-state index is 14.5. The molecule has 3 aromatic carbocycles. The number of hydrogen-bond acceptors (Lipinski definition) is 6. The molecule has 8 nitrogen and oxygen atoms in total. The van der Waals surface area contributed by atoms with Gasteiger partial charge < -0.3 is 10.0 Å². The van der Waals surface area contributed by atoms with Crippen LogP contribution >= 0.6 is 0 Å². The molecule has 4 aromatic rings. The molecular formula is C24H23F2N5O3S. The van der Waals surface area contributed by atoms with Crippen LogP contribution in [0.1, 0.15) is 5.56 Å². The van der Waals surface area contributed by atoms with Gasteiger partial charge in [0.05, 0.1) is 11.9 Å². The lowest BCUT2D eigenvalue weighted by atomic mass is 10.0. The van der Waals surface area contributed by atoms with Gasteiger partial charge in [-0.1, -0.05) is 35.5 Å². The number of fused-ring (bicyclic) bond motifs is 1. The molecule has 182 valence electrons. The van der Waals surface area contributed by atoms with Gasteiger partial charge in [0, 0.05) is 37.4 Å². The summed E-state index contributed by atoms with van der Waals surface area (Å²) in [7, 11) is -3.36. The molecule has 1 aromatic heterocycles. The molecule has 1 saturated heterocycles. The van der Waals surface area contributed by atoms with E-state index in [0.717, 1.165) is 17.3 Å². The standard InChI is InChI=1S/C24H23F2N5O3S/c1-35(33,34)30-12-11-29(15-19(30)13-16-5-3-2-4-6-16)17-7-9-18(10-8-17)31-23-21(27-28-31)14-20(25)24(32)22(23)26/h2-10,14,19,32H,11-13,15H2,1H3/t19-/m0/s1. The van der Waals surface area contributed by atoms with Crippen molar-refractivity contribution >= 4 is 26.7 Å². The highest BCUT2D eigenvalue weighted by Gasteiger charge is 2.33. The zero-order valence-corrected chi connectivity index (χ0v) is 19.7. The Morgan fingerprint density at radius 3 is 2.40 bits per heavy atom. The SMILES string of the molecule is CS(=O)(=O)N1CCN(c2ccc(-n3nnc4cc(F)c(O)c(F)c43)cc2)C[C@@H]1Cc1ccccc1. The Bertz CT molecular complexity index is 1480. The molecule has 11 heteroatoms. The number of sulfonamides is 1. The summed E-state index contributed by atoms with van der Waals surface area (Å²) in [5, 5.41) is 17.4. The van der Waals surface area contributed by atoms with Crippen molar-refractivity contribution in [3.63, 3.8) is 0 Å². The maximum atomic E-state index is 14.5. The van der Waals surface area contributed by atoms with E-state index >= 15 is 0 Å². The fourth-order valence-corrected chi connectivity index (χ4v) is 5.65. The van der Waals surface area contributed by atoms with E-state index in [1.807, 2.05) is 42.5 Å². The summed E-state index contributed by atoms with van der Waals surface area (Å²) in [6.07, 6.45) is 1.83. The predicted molar refractivity (Wildman–Crippen MR) is 128 cm³/mol. The molecular weight excluding hydrogens is 476 g/mol. The Labute approximate surface area is 201 Å². The first-order valence-electron chi connectivity index (χ1n) is 11.0. The van der Waals surface area contributed by atoms with Crippen molar-refractivity contribution in [2.24, 2.45) is 0 Å². The van der Waals surface area contributed by atoms with Gasteiger partial charge in [-0.3, -0.25) is 0 Å². The third-order valence-corrected chi connectivity index (χ3v) is 7.56. The van der Waals surface area contributed by atoms with Crippen LogP contribution in [0.4, 0.5) is 14.5 Å². The Balaban J connectivity index is 1.41. The lowest BCUT2D eigenvalue weighted by Crippen LogP contribution is -2.55. The number of halogens is 2. The molecule has 1 atom stereocenters. The molecule has 1 aliphatic rings. The molecule has 1 N–H and O–H groups in total. The van der Waals surface area contributed by atoms with Crippen LogP contribution in [-0.2, 0) is 16.4 Å². The van der Waals surface area contributed by atoms with Crippen LogP contribution in [0.5, 0.6) is 5.75 Å². The number of aromatic hydroxyl groups is 1. The van der Waals surface area contributed by atoms with E-state index in [2.05, 4.69) is 15.2 Å². The fourth-order valence-electron chi connectivity index (χ4n) is 4.55. The molecule has 35 heavy (non-hydrogen) atoms. The van der Waals surface area contributed by atoms with Crippen LogP contribution in [0.2, 0.25) is 0 Å². The minimum Gasteiger partial charge on any atom is -0.503 e. The highest BCUT2D eigenvalue weighted by atomic mass is 32.2. The van der Waals surface area contributed by atoms with Crippen molar-refractivity contribution in [3.8, 4) is 11.4 Å². The van der Waals surface area contributed by atoms with Gasteiger partial charge in [-0.25, -0.2) is 21.9 Å². The van der Waals surface area contributed by atoms with Crippen LogP contribution in [0.15, 0.2) is 60.7 Å². The van der Waals surface area contributed by atoms with E-state index in [1.165, 1.54) is 10.9 Å². The van der Waals surface area contributed by atoms with Crippen LogP contribution in [0, 0.1) is 11.6 Å². The molecule has 0 aliphatic carbocycles. The Kier molecular flexibility index (Phi) is 5.89. The summed E-state index contributed by atoms with van der Waals surface area (Å²) in [5.74, 6) is -3.31. The first kappa shape index (κ1) is 23.2. The van der Waals surface area contributed by atoms with Crippen molar-refractivity contribution < 1.29 is 22.3 Å². The molecule has 0 spiro atoms. The topological polar surface area (TPSA) is 91.6 Å². The Morgan fingerprint density at radius 1 is 1.03 bits per heavy atom. The minimum absolute atomic E-state index is 0.0115. The third kappa shape index (κ3) is 4.44. The van der Waals surface area contributed by atoms with Gasteiger partial charge in [-0.2, -0.15) is 4.31 Å². The maximum Gasteiger partial charge on any atom is 0.211 e. The third-order valence-electron chi connectivity index (χ3n) is 6.23. The van der Waals surface area contributed by atoms with Crippen LogP contribution in [0.3, 0.4) is 0 Å². The average molecular weight is 500 g/mol. The van der Waals surface area contributed by atoms with Gasteiger partial charge in [0.25, 0.3) is 0 Å². The van der Waals surface area contributed by atoms with Crippen LogP contribution < -0.4 is 4.90 Å². The number of benzene rings is 3. The normalized spacial score (nSPS) is 17.2. The fraction of sp³-hybridized carbons (Fsp3) is 0.250. The second-order valence-corrected chi connectivity index (χ2v) is 10.5. The first-order valence-corrected chi connectivity index (χ1v) is 12.9. The summed E-state index contributed by atoms with van der Waals surface area (Å²) in [5.41, 5.74) is 2.28. The van der Waals surface area contributed by atoms with E-state index in [4.69, 9.17) is 0 Å². The minimum atomic E-state index is -3.36. The molecule has 1 aliphatic heterocycles. The molecule has 5 rings (SSSR count). The quantitative estimate of drug-likeness (QED) is 0.454. The molecule has 0 bridgehead atoms. The van der Waals surface area contributed by atoms with E-state index in [9.17, 15) is 22.3 Å². The van der Waals surface area contributed by atoms with E-state index in [1.54, 1.807) is 16.4 Å². The smallest absolute Gasteiger partial charge is 0.211 e. The van der Waals surface area contributed by atoms with Crippen molar-refractivity contribution in [1.82, 2.24) is 19.3 Å². The summed E-state index contributed by atoms with van der Waals surface area (Å²) in [6.45, 7) is 1.39. The van der Waals surface area contributed by atoms with E-state index < -0.39 is 27.4 Å². The Morgan fingerprint density at radius 2 is 1.71 bits per heavy atom. The monoisotopic (exact) mass is 499 g/mol. The summed E-state index contributed by atoms with van der Waals surface area (Å²) < 4.78 is 55.7. The number of nitrogens with zero attached hydrogens (tertiary/aromatic N) is 5. The van der Waals surface area contributed by atoms with Gasteiger partial charge in [0.2, 0.25) is 10.0 Å². The second-order valence-electron chi connectivity index (χ2n) is 8.57. The summed E-state index contributed by atoms with van der Waals surface area (Å²) in [6, 6.07) is 17.6. The van der Waals surface area contributed by atoms with Gasteiger partial charge in [-0.05, 0) is 36.2 Å². The van der Waals surface area contributed by atoms with Gasteiger partial charge in [-0.15, -0.1) is 5.10 Å². The average Bonchev–Trinajstić information content (AvgIpc) is 3.26. The second kappa shape index (κ2) is 8.90. The number of phenolic OH excluding ortho intramolecular Hbond substituents is 1. The number of aromatic nitrogens is 3. The number of rotatable bonds is 5. The highest BCUT2D eigenvalue weighted by Crippen LogP contribution is 2.30. The number of phenols is 1. The molecule has 0 saturated carbocycles. The van der Waals surface area contributed by atoms with Gasteiger partial charge in [0.1, 0.15) is 11.0 Å². The number of anilines is 1. The van der Waals surface area contributed by atoms with E-state index in [-0.39, 0.29) is 17.1 Å². The first-order chi connectivity index (χ1) is 16.7. The lowest BCUT2D eigenvalue weighted by Gasteiger charge is -2.41. The van der Waals surface area contributed by atoms with Gasteiger partial charge in [0.15, 0.2) is 17.4 Å². The Hall–Kier alpha value is -3.57. The highest BCUT2D eigenvalue weighted by molar-refractivity contribution is 7.88. The number of piperazine rings is 1. The molecule has 0 amide bonds. The molecule has 2 heterocycles. The summed E-state index contributed by atoms with van der Waals surface area (Å²) >= 11 is 0. The van der Waals surface area contributed by atoms with Crippen molar-refractivity contribution in [3.05, 3.63) is 77.9 Å². The van der Waals surface area contributed by atoms with Crippen LogP contribution in [-0.4, -0.2) is 64.8 Å². The van der Waals surface area contributed by atoms with E-state index in [0.29, 0.717) is 31.7 Å². The number of hydrogen-bond donors (Lipinski definition) is 1. The summed E-state index contributed by atoms with van der Waals surface area (Å²) in [4.78, 5) is 2.11. The molecule has 1 fully saturated rings. The molecule has 0 radical (unpaired) electrons. The predicted octanol–water partition coefficient (Wildman–Crippen LogP) is 3.10. The lowest BCUT2D eigenvalue weighted by molar-refractivity contribution is 0.290.